The molecule has 1 unspecified atom stereocenters. The van der Waals surface area contributed by atoms with Gasteiger partial charge in [0.05, 0.1) is 16.3 Å². The molecular formula is C13H12ClN3S2. The fourth-order valence-corrected chi connectivity index (χ4v) is 3.91. The first kappa shape index (κ1) is 13.2. The topological polar surface area (TPSA) is 39.1 Å². The highest BCUT2D eigenvalue weighted by molar-refractivity contribution is 8.02. The van der Waals surface area contributed by atoms with E-state index < -0.39 is 0 Å². The first-order valence-corrected chi connectivity index (χ1v) is 7.67. The van der Waals surface area contributed by atoms with E-state index in [-0.39, 0.29) is 5.37 Å². The standard InChI is InChI=1S/C13H12ClN3S2/c14-10-3-1-2-4-11(10)16-12-9(7-15)13(18)17(19-12)8-5-6-8/h1-4,8,13,16,18H,5-6H2. The Morgan fingerprint density at radius 1 is 1.42 bits per heavy atom. The van der Waals surface area contributed by atoms with E-state index in [0.717, 1.165) is 10.7 Å². The average Bonchev–Trinajstić information content (AvgIpc) is 3.18. The van der Waals surface area contributed by atoms with Crippen molar-refractivity contribution in [2.45, 2.75) is 24.3 Å². The lowest BCUT2D eigenvalue weighted by Gasteiger charge is -2.18. The molecule has 1 aliphatic carbocycles. The molecule has 0 amide bonds. The molecule has 1 aromatic carbocycles. The Kier molecular flexibility index (Phi) is 3.68. The number of nitriles is 1. The van der Waals surface area contributed by atoms with E-state index in [2.05, 4.69) is 28.3 Å². The summed E-state index contributed by atoms with van der Waals surface area (Å²) in [5.74, 6) is 0. The molecule has 0 bridgehead atoms. The fraction of sp³-hybridized carbons (Fsp3) is 0.308. The van der Waals surface area contributed by atoms with E-state index in [1.807, 2.05) is 24.3 Å². The summed E-state index contributed by atoms with van der Waals surface area (Å²) in [6, 6.07) is 10.3. The molecule has 19 heavy (non-hydrogen) atoms. The third-order valence-corrected chi connectivity index (χ3v) is 5.31. The highest BCUT2D eigenvalue weighted by Gasteiger charge is 2.41. The van der Waals surface area contributed by atoms with Gasteiger partial charge in [-0.15, -0.1) is 0 Å². The van der Waals surface area contributed by atoms with Crippen LogP contribution in [0, 0.1) is 11.3 Å². The Morgan fingerprint density at radius 2 is 2.16 bits per heavy atom. The van der Waals surface area contributed by atoms with Crippen molar-refractivity contribution in [2.24, 2.45) is 0 Å². The summed E-state index contributed by atoms with van der Waals surface area (Å²) in [5, 5.41) is 13.9. The van der Waals surface area contributed by atoms with Crippen LogP contribution in [0.2, 0.25) is 5.02 Å². The van der Waals surface area contributed by atoms with Gasteiger partial charge < -0.3 is 5.32 Å². The van der Waals surface area contributed by atoms with Crippen molar-refractivity contribution < 1.29 is 0 Å². The molecule has 1 fully saturated rings. The van der Waals surface area contributed by atoms with Gasteiger partial charge in [-0.25, -0.2) is 4.31 Å². The molecule has 98 valence electrons. The van der Waals surface area contributed by atoms with Crippen LogP contribution in [0.1, 0.15) is 12.8 Å². The number of nitrogens with one attached hydrogen (secondary N) is 1. The number of halogens is 1. The molecule has 1 aliphatic heterocycles. The minimum absolute atomic E-state index is 0.132. The number of para-hydroxylation sites is 1. The Hall–Kier alpha value is -0.800. The van der Waals surface area contributed by atoms with Crippen LogP contribution < -0.4 is 5.32 Å². The summed E-state index contributed by atoms with van der Waals surface area (Å²) in [6.07, 6.45) is 2.37. The maximum absolute atomic E-state index is 9.30. The van der Waals surface area contributed by atoms with Crippen LogP contribution in [0.25, 0.3) is 0 Å². The van der Waals surface area contributed by atoms with Gasteiger partial charge in [-0.05, 0) is 36.9 Å². The number of hydrogen-bond donors (Lipinski definition) is 2. The second kappa shape index (κ2) is 5.29. The second-order valence-electron chi connectivity index (χ2n) is 4.52. The van der Waals surface area contributed by atoms with Gasteiger partial charge in [0.15, 0.2) is 0 Å². The smallest absolute Gasteiger partial charge is 0.105 e. The number of thiol groups is 1. The van der Waals surface area contributed by atoms with Gasteiger partial charge in [0, 0.05) is 6.04 Å². The molecule has 1 atom stereocenters. The van der Waals surface area contributed by atoms with Gasteiger partial charge in [0.25, 0.3) is 0 Å². The second-order valence-corrected chi connectivity index (χ2v) is 6.42. The predicted molar refractivity (Wildman–Crippen MR) is 82.9 cm³/mol. The van der Waals surface area contributed by atoms with E-state index in [1.165, 1.54) is 12.8 Å². The highest BCUT2D eigenvalue weighted by atomic mass is 35.5. The quantitative estimate of drug-likeness (QED) is 0.657. The number of anilines is 1. The van der Waals surface area contributed by atoms with Crippen molar-refractivity contribution in [3.8, 4) is 6.07 Å². The molecule has 0 spiro atoms. The first-order valence-electron chi connectivity index (χ1n) is 6.01. The number of rotatable bonds is 3. The molecule has 0 aromatic heterocycles. The van der Waals surface area contributed by atoms with E-state index >= 15 is 0 Å². The lowest BCUT2D eigenvalue weighted by atomic mass is 10.3. The van der Waals surface area contributed by atoms with Crippen LogP contribution >= 0.6 is 36.2 Å². The van der Waals surface area contributed by atoms with Crippen molar-refractivity contribution in [3.63, 3.8) is 0 Å². The summed E-state index contributed by atoms with van der Waals surface area (Å²) in [4.78, 5) is 0. The summed E-state index contributed by atoms with van der Waals surface area (Å²) >= 11 is 12.2. The van der Waals surface area contributed by atoms with Crippen LogP contribution in [0.5, 0.6) is 0 Å². The van der Waals surface area contributed by atoms with Gasteiger partial charge in [0.2, 0.25) is 0 Å². The molecule has 1 heterocycles. The van der Waals surface area contributed by atoms with Crippen LogP contribution in [0.3, 0.4) is 0 Å². The minimum atomic E-state index is -0.132. The molecule has 6 heteroatoms. The first-order chi connectivity index (χ1) is 9.20. The minimum Gasteiger partial charge on any atom is -0.347 e. The molecule has 3 rings (SSSR count). The number of nitrogens with zero attached hydrogens (tertiary/aromatic N) is 2. The van der Waals surface area contributed by atoms with Crippen molar-refractivity contribution in [1.29, 1.82) is 5.26 Å². The zero-order valence-corrected chi connectivity index (χ0v) is 12.5. The van der Waals surface area contributed by atoms with Crippen LogP contribution in [-0.4, -0.2) is 15.7 Å². The Bertz CT molecular complexity index is 577. The Balaban J connectivity index is 1.85. The van der Waals surface area contributed by atoms with Gasteiger partial charge in [0.1, 0.15) is 16.5 Å². The molecule has 1 saturated carbocycles. The molecule has 1 aromatic rings. The number of hydrogen-bond acceptors (Lipinski definition) is 5. The highest BCUT2D eigenvalue weighted by Crippen LogP contribution is 2.46. The molecule has 1 N–H and O–H groups in total. The molecular weight excluding hydrogens is 298 g/mol. The van der Waals surface area contributed by atoms with E-state index in [1.54, 1.807) is 11.9 Å². The van der Waals surface area contributed by atoms with Crippen LogP contribution in [0.4, 0.5) is 5.69 Å². The van der Waals surface area contributed by atoms with Crippen molar-refractivity contribution in [3.05, 3.63) is 39.9 Å². The van der Waals surface area contributed by atoms with Gasteiger partial charge in [-0.2, -0.15) is 17.9 Å². The number of benzene rings is 1. The van der Waals surface area contributed by atoms with Gasteiger partial charge in [-0.1, -0.05) is 23.7 Å². The SMILES string of the molecule is N#CC1=C(Nc2ccccc2Cl)SN(C2CC2)C1S. The Labute approximate surface area is 127 Å². The van der Waals surface area contributed by atoms with E-state index in [0.29, 0.717) is 16.6 Å². The van der Waals surface area contributed by atoms with Gasteiger partial charge in [-0.3, -0.25) is 0 Å². The van der Waals surface area contributed by atoms with E-state index in [4.69, 9.17) is 11.6 Å². The summed E-state index contributed by atoms with van der Waals surface area (Å²) in [5.41, 5.74) is 1.48. The van der Waals surface area contributed by atoms with E-state index in [9.17, 15) is 5.26 Å². The zero-order valence-electron chi connectivity index (χ0n) is 10.0. The average molecular weight is 310 g/mol. The molecule has 3 nitrogen and oxygen atoms in total. The zero-order chi connectivity index (χ0) is 13.4. The fourth-order valence-electron chi connectivity index (χ4n) is 1.94. The third-order valence-electron chi connectivity index (χ3n) is 3.09. The lowest BCUT2D eigenvalue weighted by Crippen LogP contribution is -2.23. The van der Waals surface area contributed by atoms with Crippen LogP contribution in [0.15, 0.2) is 34.9 Å². The maximum Gasteiger partial charge on any atom is 0.105 e. The lowest BCUT2D eigenvalue weighted by molar-refractivity contribution is 0.489. The monoisotopic (exact) mass is 309 g/mol. The van der Waals surface area contributed by atoms with Crippen LogP contribution in [-0.2, 0) is 0 Å². The Morgan fingerprint density at radius 3 is 2.79 bits per heavy atom. The maximum atomic E-state index is 9.30. The summed E-state index contributed by atoms with van der Waals surface area (Å²) in [6.45, 7) is 0. The molecule has 0 radical (unpaired) electrons. The normalized spacial score (nSPS) is 23.5. The molecule has 0 saturated heterocycles. The van der Waals surface area contributed by atoms with Crippen molar-refractivity contribution in [1.82, 2.24) is 4.31 Å². The third kappa shape index (κ3) is 2.59. The van der Waals surface area contributed by atoms with Gasteiger partial charge >= 0.3 is 0 Å². The van der Waals surface area contributed by atoms with Crippen molar-refractivity contribution >= 4 is 41.9 Å². The predicted octanol–water partition coefficient (Wildman–Crippen LogP) is 3.87. The summed E-state index contributed by atoms with van der Waals surface area (Å²) in [7, 11) is 0. The van der Waals surface area contributed by atoms with Crippen molar-refractivity contribution in [2.75, 3.05) is 5.32 Å². The largest absolute Gasteiger partial charge is 0.347 e. The summed E-state index contributed by atoms with van der Waals surface area (Å²) < 4.78 is 2.18. The molecule has 2 aliphatic rings.